The van der Waals surface area contributed by atoms with E-state index in [1.165, 1.54) is 0 Å². The molecule has 2 N–H and O–H groups in total. The number of halogens is 1. The van der Waals surface area contributed by atoms with E-state index in [4.69, 9.17) is 21.4 Å². The molecule has 0 aliphatic carbocycles. The van der Waals surface area contributed by atoms with E-state index in [1.807, 2.05) is 12.1 Å². The van der Waals surface area contributed by atoms with E-state index in [0.29, 0.717) is 16.4 Å². The van der Waals surface area contributed by atoms with Crippen molar-refractivity contribution in [2.45, 2.75) is 6.61 Å². The molecule has 2 aromatic rings. The van der Waals surface area contributed by atoms with Crippen LogP contribution in [0.1, 0.15) is 5.82 Å². The average molecular weight is 241 g/mol. The Kier molecular flexibility index (Phi) is 3.07. The van der Waals surface area contributed by atoms with Gasteiger partial charge in [-0.2, -0.15) is 0 Å². The predicted molar refractivity (Wildman–Crippen MR) is 58.4 cm³/mol. The van der Waals surface area contributed by atoms with Gasteiger partial charge in [0, 0.05) is 0 Å². The van der Waals surface area contributed by atoms with Crippen molar-refractivity contribution in [1.29, 1.82) is 0 Å². The number of aliphatic carboxylic acids is 1. The topological polar surface area (TPSA) is 75.2 Å². The van der Waals surface area contributed by atoms with Gasteiger partial charge in [-0.3, -0.25) is 0 Å². The predicted octanol–water partition coefficient (Wildman–Crippen LogP) is 1.82. The Labute approximate surface area is 96.0 Å². The summed E-state index contributed by atoms with van der Waals surface area (Å²) in [4.78, 5) is 17.4. The highest BCUT2D eigenvalue weighted by atomic mass is 35.5. The molecule has 0 aliphatic rings. The third kappa shape index (κ3) is 2.32. The summed E-state index contributed by atoms with van der Waals surface area (Å²) < 4.78 is 4.91. The van der Waals surface area contributed by atoms with Crippen molar-refractivity contribution in [3.63, 3.8) is 0 Å². The maximum Gasteiger partial charge on any atom is 0.329 e. The van der Waals surface area contributed by atoms with Crippen LogP contribution < -0.4 is 0 Å². The van der Waals surface area contributed by atoms with E-state index in [9.17, 15) is 4.79 Å². The molecule has 84 valence electrons. The number of benzene rings is 1. The van der Waals surface area contributed by atoms with Gasteiger partial charge in [0.2, 0.25) is 0 Å². The highest BCUT2D eigenvalue weighted by Gasteiger charge is 2.06. The number of para-hydroxylation sites is 1. The van der Waals surface area contributed by atoms with Crippen LogP contribution >= 0.6 is 11.6 Å². The Morgan fingerprint density at radius 3 is 3.06 bits per heavy atom. The number of fused-ring (bicyclic) bond motifs is 1. The van der Waals surface area contributed by atoms with Gasteiger partial charge in [-0.05, 0) is 12.1 Å². The Morgan fingerprint density at radius 2 is 2.38 bits per heavy atom. The molecule has 0 aliphatic heterocycles. The van der Waals surface area contributed by atoms with Crippen molar-refractivity contribution >= 4 is 28.6 Å². The van der Waals surface area contributed by atoms with Crippen molar-refractivity contribution in [3.8, 4) is 0 Å². The van der Waals surface area contributed by atoms with Gasteiger partial charge in [0.05, 0.1) is 10.5 Å². The number of aromatic amines is 1. The molecule has 0 radical (unpaired) electrons. The number of carbonyl (C=O) groups is 1. The van der Waals surface area contributed by atoms with Crippen LogP contribution in [0.5, 0.6) is 0 Å². The second-order valence-electron chi connectivity index (χ2n) is 3.21. The molecule has 0 unspecified atom stereocenters. The van der Waals surface area contributed by atoms with Crippen LogP contribution in [0.4, 0.5) is 0 Å². The number of nitrogens with one attached hydrogen (secondary N) is 1. The van der Waals surface area contributed by atoms with Crippen molar-refractivity contribution in [2.75, 3.05) is 6.61 Å². The van der Waals surface area contributed by atoms with E-state index in [0.717, 1.165) is 5.52 Å². The lowest BCUT2D eigenvalue weighted by atomic mass is 10.3. The molecule has 1 aromatic carbocycles. The van der Waals surface area contributed by atoms with Gasteiger partial charge < -0.3 is 14.8 Å². The zero-order valence-corrected chi connectivity index (χ0v) is 8.99. The first-order chi connectivity index (χ1) is 7.66. The van der Waals surface area contributed by atoms with Gasteiger partial charge in [0.25, 0.3) is 0 Å². The summed E-state index contributed by atoms with van der Waals surface area (Å²) in [6.45, 7) is -0.220. The highest BCUT2D eigenvalue weighted by molar-refractivity contribution is 6.34. The zero-order chi connectivity index (χ0) is 11.5. The van der Waals surface area contributed by atoms with Crippen molar-refractivity contribution in [2.24, 2.45) is 0 Å². The van der Waals surface area contributed by atoms with E-state index >= 15 is 0 Å². The summed E-state index contributed by atoms with van der Waals surface area (Å²) in [5.41, 5.74) is 1.47. The lowest BCUT2D eigenvalue weighted by Gasteiger charge is -1.96. The molecule has 5 nitrogen and oxygen atoms in total. The molecule has 1 aromatic heterocycles. The molecule has 1 heterocycles. The maximum absolute atomic E-state index is 10.2. The van der Waals surface area contributed by atoms with Gasteiger partial charge >= 0.3 is 5.97 Å². The van der Waals surface area contributed by atoms with Crippen LogP contribution in [0.15, 0.2) is 18.2 Å². The molecule has 16 heavy (non-hydrogen) atoms. The Balaban J connectivity index is 2.14. The number of rotatable bonds is 4. The average Bonchev–Trinajstić information content (AvgIpc) is 2.61. The molecule has 0 saturated carbocycles. The first-order valence-corrected chi connectivity index (χ1v) is 4.97. The molecular formula is C10H9ClN2O3. The normalized spacial score (nSPS) is 10.8. The number of carboxylic acids is 1. The first-order valence-electron chi connectivity index (χ1n) is 4.59. The third-order valence-corrected chi connectivity index (χ3v) is 2.28. The minimum atomic E-state index is -1.01. The molecule has 0 spiro atoms. The molecule has 6 heteroatoms. The molecular weight excluding hydrogens is 232 g/mol. The number of nitrogens with zero attached hydrogens (tertiary/aromatic N) is 1. The zero-order valence-electron chi connectivity index (χ0n) is 8.24. The summed E-state index contributed by atoms with van der Waals surface area (Å²) in [5.74, 6) is -0.446. The van der Waals surface area contributed by atoms with Crippen molar-refractivity contribution in [1.82, 2.24) is 9.97 Å². The Morgan fingerprint density at radius 1 is 1.56 bits per heavy atom. The Hall–Kier alpha value is -1.59. The highest BCUT2D eigenvalue weighted by Crippen LogP contribution is 2.20. The minimum absolute atomic E-state index is 0.122. The van der Waals surface area contributed by atoms with Crippen LogP contribution in [0, 0.1) is 0 Å². The summed E-state index contributed by atoms with van der Waals surface area (Å²) in [6.07, 6.45) is 0. The fourth-order valence-corrected chi connectivity index (χ4v) is 1.57. The molecule has 0 bridgehead atoms. The number of aromatic nitrogens is 2. The number of ether oxygens (including phenoxy) is 1. The van der Waals surface area contributed by atoms with Crippen LogP contribution in [0.3, 0.4) is 0 Å². The van der Waals surface area contributed by atoms with Gasteiger partial charge in [-0.1, -0.05) is 17.7 Å². The van der Waals surface area contributed by atoms with Crippen molar-refractivity contribution < 1.29 is 14.6 Å². The molecule has 0 amide bonds. The third-order valence-electron chi connectivity index (χ3n) is 1.98. The molecule has 0 saturated heterocycles. The lowest BCUT2D eigenvalue weighted by molar-refractivity contribution is -0.142. The van der Waals surface area contributed by atoms with Crippen molar-refractivity contribution in [3.05, 3.63) is 29.0 Å². The molecule has 0 fully saturated rings. The summed E-state index contributed by atoms with van der Waals surface area (Å²) in [6, 6.07) is 5.40. The lowest BCUT2D eigenvalue weighted by Crippen LogP contribution is -2.07. The first kappa shape index (κ1) is 10.9. The fraction of sp³-hybridized carbons (Fsp3) is 0.200. The largest absolute Gasteiger partial charge is 0.480 e. The van der Waals surface area contributed by atoms with Gasteiger partial charge in [-0.15, -0.1) is 0 Å². The van der Waals surface area contributed by atoms with E-state index in [2.05, 4.69) is 9.97 Å². The summed E-state index contributed by atoms with van der Waals surface area (Å²) in [7, 11) is 0. The SMILES string of the molecule is O=C(O)COCc1nc2c(Cl)cccc2[nH]1. The molecule has 2 rings (SSSR count). The number of H-pyrrole nitrogens is 1. The van der Waals surface area contributed by atoms with Crippen LogP contribution in [0.2, 0.25) is 5.02 Å². The smallest absolute Gasteiger partial charge is 0.329 e. The van der Waals surface area contributed by atoms with Crippen LogP contribution in [-0.4, -0.2) is 27.7 Å². The van der Waals surface area contributed by atoms with E-state index in [-0.39, 0.29) is 13.2 Å². The summed E-state index contributed by atoms with van der Waals surface area (Å²) in [5, 5.41) is 8.95. The second-order valence-corrected chi connectivity index (χ2v) is 3.61. The number of imidazole rings is 1. The number of hydrogen-bond acceptors (Lipinski definition) is 3. The van der Waals surface area contributed by atoms with Gasteiger partial charge in [0.15, 0.2) is 0 Å². The maximum atomic E-state index is 10.2. The summed E-state index contributed by atoms with van der Waals surface area (Å²) >= 11 is 5.94. The Bertz CT molecular complexity index is 524. The van der Waals surface area contributed by atoms with Gasteiger partial charge in [0.1, 0.15) is 24.6 Å². The number of hydrogen-bond donors (Lipinski definition) is 2. The fourth-order valence-electron chi connectivity index (χ4n) is 1.35. The standard InChI is InChI=1S/C10H9ClN2O3/c11-6-2-1-3-7-10(6)13-8(12-7)4-16-5-9(14)15/h1-3H,4-5H2,(H,12,13)(H,14,15). The molecule has 0 atom stereocenters. The second kappa shape index (κ2) is 4.51. The van der Waals surface area contributed by atoms with Gasteiger partial charge in [-0.25, -0.2) is 9.78 Å². The monoisotopic (exact) mass is 240 g/mol. The van der Waals surface area contributed by atoms with E-state index < -0.39 is 5.97 Å². The van der Waals surface area contributed by atoms with E-state index in [1.54, 1.807) is 6.07 Å². The number of carboxylic acid groups (broad SMARTS) is 1. The van der Waals surface area contributed by atoms with Crippen LogP contribution in [0.25, 0.3) is 11.0 Å². The minimum Gasteiger partial charge on any atom is -0.480 e. The quantitative estimate of drug-likeness (QED) is 0.855. The van der Waals surface area contributed by atoms with Crippen LogP contribution in [-0.2, 0) is 16.1 Å².